The molecule has 3 aromatic rings. The molecule has 30 heavy (non-hydrogen) atoms. The smallest absolute Gasteiger partial charge is 0.248 e. The number of nitrogens with zero attached hydrogens (tertiary/aromatic N) is 2. The van der Waals surface area contributed by atoms with E-state index in [1.807, 2.05) is 17.5 Å². The van der Waals surface area contributed by atoms with Crippen LogP contribution in [0.1, 0.15) is 17.8 Å². The normalized spacial score (nSPS) is 16.6. The molecule has 156 valence electrons. The molecule has 1 aliphatic rings. The first kappa shape index (κ1) is 20.5. The lowest BCUT2D eigenvalue weighted by atomic mass is 9.97. The van der Waals surface area contributed by atoms with E-state index in [4.69, 9.17) is 9.72 Å². The number of methoxy groups -OCH3 is 1. The van der Waals surface area contributed by atoms with Crippen LogP contribution < -0.4 is 5.32 Å². The largest absolute Gasteiger partial charge is 0.375 e. The van der Waals surface area contributed by atoms with E-state index in [1.54, 1.807) is 16.2 Å². The molecule has 2 heterocycles. The molecule has 0 spiro atoms. The monoisotopic (exact) mass is 423 g/mol. The molecular weight excluding hydrogens is 398 g/mol. The molecule has 1 atom stereocenters. The molecule has 0 aliphatic carbocycles. The molecule has 0 bridgehead atoms. The van der Waals surface area contributed by atoms with E-state index in [0.717, 1.165) is 29.1 Å². The fourth-order valence-corrected chi connectivity index (χ4v) is 4.56. The number of carbonyl (C=O) groups is 2. The summed E-state index contributed by atoms with van der Waals surface area (Å²) in [5.41, 5.74) is 1.99. The van der Waals surface area contributed by atoms with Crippen LogP contribution >= 0.6 is 11.3 Å². The van der Waals surface area contributed by atoms with E-state index in [0.29, 0.717) is 19.6 Å². The Balaban J connectivity index is 1.35. The van der Waals surface area contributed by atoms with Gasteiger partial charge in [-0.2, -0.15) is 0 Å². The number of piperidine rings is 1. The van der Waals surface area contributed by atoms with Crippen molar-refractivity contribution < 1.29 is 14.3 Å². The Labute approximate surface area is 179 Å². The number of hydrogen-bond acceptors (Lipinski definition) is 5. The Morgan fingerprint density at radius 3 is 2.90 bits per heavy atom. The predicted octanol–water partition coefficient (Wildman–Crippen LogP) is 3.46. The Bertz CT molecular complexity index is 1050. The predicted molar refractivity (Wildman–Crippen MR) is 118 cm³/mol. The molecule has 0 saturated carbocycles. The second-order valence-corrected chi connectivity index (χ2v) is 8.46. The van der Waals surface area contributed by atoms with Crippen molar-refractivity contribution >= 4 is 33.9 Å². The SMILES string of the molecule is COCC(=O)N1CCC[C@H](C(=O)NCc2nc(-c3ccc4ccccc4c3)cs2)C1. The number of likely N-dealkylation sites (tertiary alicyclic amines) is 1. The minimum atomic E-state index is -0.181. The highest BCUT2D eigenvalue weighted by Crippen LogP contribution is 2.26. The summed E-state index contributed by atoms with van der Waals surface area (Å²) in [6.07, 6.45) is 1.62. The minimum absolute atomic E-state index is 0.0210. The van der Waals surface area contributed by atoms with Crippen LogP contribution in [0.25, 0.3) is 22.0 Å². The van der Waals surface area contributed by atoms with E-state index in [-0.39, 0.29) is 24.3 Å². The van der Waals surface area contributed by atoms with Gasteiger partial charge in [0, 0.05) is 31.1 Å². The van der Waals surface area contributed by atoms with E-state index >= 15 is 0 Å². The molecule has 1 aliphatic heterocycles. The van der Waals surface area contributed by atoms with Crippen molar-refractivity contribution in [3.8, 4) is 11.3 Å². The summed E-state index contributed by atoms with van der Waals surface area (Å²) in [6, 6.07) is 14.6. The topological polar surface area (TPSA) is 71.5 Å². The summed E-state index contributed by atoms with van der Waals surface area (Å²) >= 11 is 1.54. The zero-order valence-corrected chi connectivity index (χ0v) is 17.8. The molecule has 1 fully saturated rings. The number of aromatic nitrogens is 1. The maximum Gasteiger partial charge on any atom is 0.248 e. The maximum absolute atomic E-state index is 12.6. The van der Waals surface area contributed by atoms with Crippen molar-refractivity contribution in [3.05, 3.63) is 52.9 Å². The van der Waals surface area contributed by atoms with Crippen molar-refractivity contribution in [2.45, 2.75) is 19.4 Å². The Morgan fingerprint density at radius 2 is 2.07 bits per heavy atom. The van der Waals surface area contributed by atoms with E-state index in [1.165, 1.54) is 17.9 Å². The fourth-order valence-electron chi connectivity index (χ4n) is 3.81. The van der Waals surface area contributed by atoms with E-state index in [2.05, 4.69) is 35.6 Å². The van der Waals surface area contributed by atoms with Gasteiger partial charge >= 0.3 is 0 Å². The van der Waals surface area contributed by atoms with Gasteiger partial charge in [-0.1, -0.05) is 36.4 Å². The van der Waals surface area contributed by atoms with Gasteiger partial charge in [-0.25, -0.2) is 4.98 Å². The Hall–Kier alpha value is -2.77. The summed E-state index contributed by atoms with van der Waals surface area (Å²) in [5, 5.41) is 8.28. The summed E-state index contributed by atoms with van der Waals surface area (Å²) in [4.78, 5) is 31.1. The summed E-state index contributed by atoms with van der Waals surface area (Å²) in [5.74, 6) is -0.262. The van der Waals surface area contributed by atoms with Crippen molar-refractivity contribution in [2.24, 2.45) is 5.92 Å². The van der Waals surface area contributed by atoms with Crippen LogP contribution in [-0.4, -0.2) is 48.5 Å². The first-order valence-electron chi connectivity index (χ1n) is 10.1. The summed E-state index contributed by atoms with van der Waals surface area (Å²) in [6.45, 7) is 1.60. The number of thiazole rings is 1. The number of nitrogens with one attached hydrogen (secondary N) is 1. The molecule has 1 aromatic heterocycles. The fraction of sp³-hybridized carbons (Fsp3) is 0.348. The zero-order valence-electron chi connectivity index (χ0n) is 17.0. The van der Waals surface area contributed by atoms with Gasteiger partial charge in [0.15, 0.2) is 0 Å². The van der Waals surface area contributed by atoms with Crippen LogP contribution in [0.2, 0.25) is 0 Å². The molecule has 1 saturated heterocycles. The summed E-state index contributed by atoms with van der Waals surface area (Å²) < 4.78 is 4.92. The molecule has 2 aromatic carbocycles. The van der Waals surface area contributed by atoms with Crippen LogP contribution in [0.4, 0.5) is 0 Å². The minimum Gasteiger partial charge on any atom is -0.375 e. The van der Waals surface area contributed by atoms with Gasteiger partial charge in [0.05, 0.1) is 18.2 Å². The lowest BCUT2D eigenvalue weighted by molar-refractivity contribution is -0.139. The Morgan fingerprint density at radius 1 is 1.23 bits per heavy atom. The number of benzene rings is 2. The van der Waals surface area contributed by atoms with Crippen molar-refractivity contribution in [3.63, 3.8) is 0 Å². The third-order valence-electron chi connectivity index (χ3n) is 5.42. The quantitative estimate of drug-likeness (QED) is 0.659. The second-order valence-electron chi connectivity index (χ2n) is 7.52. The van der Waals surface area contributed by atoms with Crippen LogP contribution in [-0.2, 0) is 20.9 Å². The number of carbonyl (C=O) groups excluding carboxylic acids is 2. The summed E-state index contributed by atoms with van der Waals surface area (Å²) in [7, 11) is 1.51. The highest BCUT2D eigenvalue weighted by Gasteiger charge is 2.28. The van der Waals surface area contributed by atoms with Crippen LogP contribution in [0.3, 0.4) is 0 Å². The molecule has 2 amide bonds. The molecule has 7 heteroatoms. The van der Waals surface area contributed by atoms with Crippen molar-refractivity contribution in [2.75, 3.05) is 26.8 Å². The number of amides is 2. The molecule has 4 rings (SSSR count). The van der Waals surface area contributed by atoms with Gasteiger partial charge < -0.3 is 15.0 Å². The van der Waals surface area contributed by atoms with Gasteiger partial charge in [-0.15, -0.1) is 11.3 Å². The standard InChI is InChI=1S/C23H25N3O3S/c1-29-14-22(27)26-10-4-7-19(13-26)23(28)24-12-21-25-20(15-30-21)18-9-8-16-5-2-3-6-17(16)11-18/h2-3,5-6,8-9,11,15,19H,4,7,10,12-14H2,1H3,(H,24,28)/t19-/m0/s1. The first-order valence-corrected chi connectivity index (χ1v) is 11.0. The molecule has 1 N–H and O–H groups in total. The maximum atomic E-state index is 12.6. The lowest BCUT2D eigenvalue weighted by Gasteiger charge is -2.31. The van der Waals surface area contributed by atoms with Gasteiger partial charge in [0.1, 0.15) is 11.6 Å². The first-order chi connectivity index (χ1) is 14.6. The molecule has 0 unspecified atom stereocenters. The number of hydrogen-bond donors (Lipinski definition) is 1. The number of fused-ring (bicyclic) bond motifs is 1. The average molecular weight is 424 g/mol. The van der Waals surface area contributed by atoms with Crippen molar-refractivity contribution in [1.82, 2.24) is 15.2 Å². The highest BCUT2D eigenvalue weighted by atomic mass is 32.1. The second kappa shape index (κ2) is 9.36. The van der Waals surface area contributed by atoms with Crippen LogP contribution in [0.5, 0.6) is 0 Å². The van der Waals surface area contributed by atoms with Gasteiger partial charge in [0.2, 0.25) is 11.8 Å². The van der Waals surface area contributed by atoms with Gasteiger partial charge in [-0.3, -0.25) is 9.59 Å². The van der Waals surface area contributed by atoms with Gasteiger partial charge in [0.25, 0.3) is 0 Å². The van der Waals surface area contributed by atoms with Crippen LogP contribution in [0.15, 0.2) is 47.8 Å². The van der Waals surface area contributed by atoms with Crippen molar-refractivity contribution in [1.29, 1.82) is 0 Å². The number of ether oxygens (including phenoxy) is 1. The highest BCUT2D eigenvalue weighted by molar-refractivity contribution is 7.09. The average Bonchev–Trinajstić information content (AvgIpc) is 3.26. The Kier molecular flexibility index (Phi) is 6.40. The van der Waals surface area contributed by atoms with Crippen LogP contribution in [0, 0.1) is 5.92 Å². The number of rotatable bonds is 6. The third kappa shape index (κ3) is 4.68. The van der Waals surface area contributed by atoms with Gasteiger partial charge in [-0.05, 0) is 29.7 Å². The zero-order chi connectivity index (χ0) is 20.9. The van der Waals surface area contributed by atoms with E-state index in [9.17, 15) is 9.59 Å². The molecular formula is C23H25N3O3S. The third-order valence-corrected chi connectivity index (χ3v) is 6.27. The molecule has 6 nitrogen and oxygen atoms in total. The lowest BCUT2D eigenvalue weighted by Crippen LogP contribution is -2.46. The van der Waals surface area contributed by atoms with E-state index < -0.39 is 0 Å². The molecule has 0 radical (unpaired) electrons.